The summed E-state index contributed by atoms with van der Waals surface area (Å²) in [6.07, 6.45) is 0.269. The predicted octanol–water partition coefficient (Wildman–Crippen LogP) is 2.00. The summed E-state index contributed by atoms with van der Waals surface area (Å²) in [6, 6.07) is 6.70. The number of hydrogen-bond donors (Lipinski definition) is 2. The number of rotatable bonds is 8. The summed E-state index contributed by atoms with van der Waals surface area (Å²) in [4.78, 5) is 25.4. The highest BCUT2D eigenvalue weighted by atomic mass is 35.5. The smallest absolute Gasteiger partial charge is 0.234 e. The van der Waals surface area contributed by atoms with Crippen molar-refractivity contribution in [3.63, 3.8) is 0 Å². The molecule has 0 spiro atoms. The molecule has 0 aliphatic carbocycles. The monoisotopic (exact) mass is 336 g/mol. The summed E-state index contributed by atoms with van der Waals surface area (Å²) in [6.45, 7) is 5.86. The van der Waals surface area contributed by atoms with E-state index in [1.54, 1.807) is 18.2 Å². The van der Waals surface area contributed by atoms with Gasteiger partial charge in [-0.3, -0.25) is 14.5 Å². The van der Waals surface area contributed by atoms with Gasteiger partial charge in [0.1, 0.15) is 6.07 Å². The minimum absolute atomic E-state index is 0.0476. The molecule has 0 aliphatic rings. The van der Waals surface area contributed by atoms with Crippen molar-refractivity contribution in [3.8, 4) is 6.07 Å². The van der Waals surface area contributed by atoms with E-state index in [1.165, 1.54) is 0 Å². The van der Waals surface area contributed by atoms with Crippen LogP contribution in [0.25, 0.3) is 0 Å². The molecule has 2 amide bonds. The van der Waals surface area contributed by atoms with Crippen LogP contribution in [0, 0.1) is 11.3 Å². The van der Waals surface area contributed by atoms with Crippen LogP contribution in [-0.4, -0.2) is 42.9 Å². The van der Waals surface area contributed by atoms with E-state index in [0.717, 1.165) is 0 Å². The maximum absolute atomic E-state index is 12.0. The van der Waals surface area contributed by atoms with Gasteiger partial charge in [-0.25, -0.2) is 0 Å². The molecular formula is C16H21ClN4O2. The third-order valence-corrected chi connectivity index (χ3v) is 3.53. The molecule has 6 nitrogen and oxygen atoms in total. The van der Waals surface area contributed by atoms with Gasteiger partial charge in [0.05, 0.1) is 17.1 Å². The van der Waals surface area contributed by atoms with Crippen LogP contribution in [0.3, 0.4) is 0 Å². The zero-order chi connectivity index (χ0) is 17.2. The molecule has 1 rings (SSSR count). The molecule has 0 heterocycles. The van der Waals surface area contributed by atoms with Gasteiger partial charge in [-0.1, -0.05) is 18.5 Å². The molecule has 23 heavy (non-hydrogen) atoms. The summed E-state index contributed by atoms with van der Waals surface area (Å²) >= 11 is 5.92. The number of hydrogen-bond acceptors (Lipinski definition) is 4. The first kappa shape index (κ1) is 18.9. The lowest BCUT2D eigenvalue weighted by Gasteiger charge is -2.19. The largest absolute Gasteiger partial charge is 0.355 e. The molecule has 7 heteroatoms. The predicted molar refractivity (Wildman–Crippen MR) is 90.2 cm³/mol. The van der Waals surface area contributed by atoms with E-state index in [4.69, 9.17) is 16.9 Å². The van der Waals surface area contributed by atoms with Gasteiger partial charge in [0, 0.05) is 25.2 Å². The Labute approximate surface area is 141 Å². The minimum Gasteiger partial charge on any atom is -0.355 e. The van der Waals surface area contributed by atoms with Gasteiger partial charge in [0.2, 0.25) is 11.8 Å². The Balaban J connectivity index is 2.48. The number of anilines is 1. The van der Waals surface area contributed by atoms with Crippen molar-refractivity contribution in [2.24, 2.45) is 0 Å². The summed E-state index contributed by atoms with van der Waals surface area (Å²) < 4.78 is 0. The number of likely N-dealkylation sites (N-methyl/N-ethyl adjacent to an activating group) is 2. The highest BCUT2D eigenvalue weighted by Crippen LogP contribution is 2.20. The van der Waals surface area contributed by atoms with E-state index in [1.807, 2.05) is 24.8 Å². The lowest BCUT2D eigenvalue weighted by atomic mass is 10.2. The van der Waals surface area contributed by atoms with E-state index in [2.05, 4.69) is 10.6 Å². The molecule has 124 valence electrons. The topological polar surface area (TPSA) is 85.2 Å². The quantitative estimate of drug-likeness (QED) is 0.760. The van der Waals surface area contributed by atoms with Crippen molar-refractivity contribution in [1.82, 2.24) is 10.2 Å². The first-order valence-corrected chi connectivity index (χ1v) is 7.86. The molecule has 1 aromatic carbocycles. The van der Waals surface area contributed by atoms with Crippen LogP contribution in [0.2, 0.25) is 5.02 Å². The van der Waals surface area contributed by atoms with Gasteiger partial charge in [0.25, 0.3) is 0 Å². The first-order chi connectivity index (χ1) is 11.0. The molecule has 0 aromatic heterocycles. The van der Waals surface area contributed by atoms with Gasteiger partial charge in [-0.2, -0.15) is 5.26 Å². The van der Waals surface area contributed by atoms with E-state index in [0.29, 0.717) is 35.9 Å². The molecule has 0 atom stereocenters. The van der Waals surface area contributed by atoms with Crippen LogP contribution in [0.5, 0.6) is 0 Å². The van der Waals surface area contributed by atoms with Gasteiger partial charge >= 0.3 is 0 Å². The van der Waals surface area contributed by atoms with Crippen molar-refractivity contribution >= 4 is 29.1 Å². The second kappa shape index (κ2) is 9.82. The summed E-state index contributed by atoms with van der Waals surface area (Å²) in [5.74, 6) is -0.214. The fourth-order valence-corrected chi connectivity index (χ4v) is 2.19. The average molecular weight is 337 g/mol. The standard InChI is InChI=1S/C16H21ClN4O2/c1-3-19-16(23)11-21(4-2)8-7-15(22)20-13-6-5-12(10-18)14(17)9-13/h5-6,9H,3-4,7-8,11H2,1-2H3,(H,19,23)(H,20,22). The van der Waals surface area contributed by atoms with Crippen molar-refractivity contribution in [2.75, 3.05) is 31.5 Å². The highest BCUT2D eigenvalue weighted by molar-refractivity contribution is 6.32. The Morgan fingerprint density at radius 1 is 1.30 bits per heavy atom. The molecule has 2 N–H and O–H groups in total. The van der Waals surface area contributed by atoms with Crippen molar-refractivity contribution < 1.29 is 9.59 Å². The Hall–Kier alpha value is -2.10. The van der Waals surface area contributed by atoms with Gasteiger partial charge in [-0.15, -0.1) is 0 Å². The molecule has 0 saturated carbocycles. The molecule has 0 unspecified atom stereocenters. The number of carbonyl (C=O) groups excluding carboxylic acids is 2. The molecule has 0 fully saturated rings. The lowest BCUT2D eigenvalue weighted by molar-refractivity contribution is -0.123. The van der Waals surface area contributed by atoms with Crippen LogP contribution >= 0.6 is 11.6 Å². The minimum atomic E-state index is -0.167. The molecule has 0 aliphatic heterocycles. The van der Waals surface area contributed by atoms with Crippen LogP contribution in [0.4, 0.5) is 5.69 Å². The van der Waals surface area contributed by atoms with Crippen molar-refractivity contribution in [3.05, 3.63) is 28.8 Å². The molecular weight excluding hydrogens is 316 g/mol. The second-order valence-corrected chi connectivity index (χ2v) is 5.33. The summed E-state index contributed by atoms with van der Waals surface area (Å²) in [7, 11) is 0. The fourth-order valence-electron chi connectivity index (χ4n) is 1.97. The number of amides is 2. The number of halogens is 1. The second-order valence-electron chi connectivity index (χ2n) is 4.93. The zero-order valence-corrected chi connectivity index (χ0v) is 14.1. The van der Waals surface area contributed by atoms with Crippen LogP contribution in [0.15, 0.2) is 18.2 Å². The molecule has 0 saturated heterocycles. The van der Waals surface area contributed by atoms with E-state index >= 15 is 0 Å². The number of nitriles is 1. The van der Waals surface area contributed by atoms with Crippen molar-refractivity contribution in [1.29, 1.82) is 5.26 Å². The van der Waals surface area contributed by atoms with Gasteiger partial charge < -0.3 is 10.6 Å². The fraction of sp³-hybridized carbons (Fsp3) is 0.438. The Bertz CT molecular complexity index is 598. The van der Waals surface area contributed by atoms with Gasteiger partial charge in [-0.05, 0) is 31.7 Å². The Morgan fingerprint density at radius 3 is 2.61 bits per heavy atom. The number of benzene rings is 1. The van der Waals surface area contributed by atoms with Crippen LogP contribution in [0.1, 0.15) is 25.8 Å². The summed E-state index contributed by atoms with van der Waals surface area (Å²) in [5.41, 5.74) is 0.912. The SMILES string of the molecule is CCNC(=O)CN(CC)CCC(=O)Nc1ccc(C#N)c(Cl)c1. The van der Waals surface area contributed by atoms with E-state index < -0.39 is 0 Å². The lowest BCUT2D eigenvalue weighted by Crippen LogP contribution is -2.38. The third kappa shape index (κ3) is 6.68. The van der Waals surface area contributed by atoms with Crippen LogP contribution in [-0.2, 0) is 9.59 Å². The maximum Gasteiger partial charge on any atom is 0.234 e. The Morgan fingerprint density at radius 2 is 2.04 bits per heavy atom. The number of carbonyl (C=O) groups is 2. The number of nitrogens with zero attached hydrogens (tertiary/aromatic N) is 2. The van der Waals surface area contributed by atoms with E-state index in [9.17, 15) is 9.59 Å². The Kier molecular flexibility index (Phi) is 8.09. The number of nitrogens with one attached hydrogen (secondary N) is 2. The molecule has 0 bridgehead atoms. The maximum atomic E-state index is 12.0. The summed E-state index contributed by atoms with van der Waals surface area (Å²) in [5, 5.41) is 14.6. The normalized spacial score (nSPS) is 10.2. The van der Waals surface area contributed by atoms with Crippen LogP contribution < -0.4 is 10.6 Å². The van der Waals surface area contributed by atoms with Gasteiger partial charge in [0.15, 0.2) is 0 Å². The first-order valence-electron chi connectivity index (χ1n) is 7.48. The van der Waals surface area contributed by atoms with E-state index in [-0.39, 0.29) is 24.8 Å². The van der Waals surface area contributed by atoms with Crippen molar-refractivity contribution in [2.45, 2.75) is 20.3 Å². The highest BCUT2D eigenvalue weighted by Gasteiger charge is 2.11. The average Bonchev–Trinajstić information content (AvgIpc) is 2.51. The molecule has 1 aromatic rings. The third-order valence-electron chi connectivity index (χ3n) is 3.22. The molecule has 0 radical (unpaired) electrons. The zero-order valence-electron chi connectivity index (χ0n) is 13.4.